The van der Waals surface area contributed by atoms with E-state index in [1.165, 1.54) is 11.0 Å². The fourth-order valence-electron chi connectivity index (χ4n) is 3.73. The summed E-state index contributed by atoms with van der Waals surface area (Å²) in [5, 5.41) is 13.8. The molecule has 1 saturated carbocycles. The van der Waals surface area contributed by atoms with Crippen LogP contribution >= 0.6 is 0 Å². The zero-order valence-electron chi connectivity index (χ0n) is 14.3. The van der Waals surface area contributed by atoms with E-state index in [0.29, 0.717) is 25.7 Å². The van der Waals surface area contributed by atoms with E-state index in [4.69, 9.17) is 0 Å². The van der Waals surface area contributed by atoms with Gasteiger partial charge in [0.1, 0.15) is 5.56 Å². The van der Waals surface area contributed by atoms with Crippen molar-refractivity contribution in [2.75, 3.05) is 5.32 Å². The average molecular weight is 385 g/mol. The second-order valence-electron chi connectivity index (χ2n) is 6.79. The van der Waals surface area contributed by atoms with Gasteiger partial charge in [0.25, 0.3) is 5.69 Å². The van der Waals surface area contributed by atoms with Crippen molar-refractivity contribution in [1.82, 2.24) is 4.90 Å². The monoisotopic (exact) mass is 385 g/mol. The first kappa shape index (κ1) is 19.1. The summed E-state index contributed by atoms with van der Waals surface area (Å²) in [7, 11) is 0. The molecule has 10 heteroatoms. The van der Waals surface area contributed by atoms with Gasteiger partial charge in [-0.1, -0.05) is 0 Å². The lowest BCUT2D eigenvalue weighted by atomic mass is 9.90. The summed E-state index contributed by atoms with van der Waals surface area (Å²) in [6.07, 6.45) is -2.03. The molecule has 2 fully saturated rings. The second-order valence-corrected chi connectivity index (χ2v) is 6.79. The number of carbonyl (C=O) groups excluding carboxylic acids is 2. The molecule has 0 radical (unpaired) electrons. The molecular weight excluding hydrogens is 367 g/mol. The molecule has 1 aromatic rings. The highest BCUT2D eigenvalue weighted by Crippen LogP contribution is 2.38. The zero-order valence-corrected chi connectivity index (χ0v) is 14.3. The van der Waals surface area contributed by atoms with Crippen molar-refractivity contribution in [1.29, 1.82) is 0 Å². The summed E-state index contributed by atoms with van der Waals surface area (Å²) in [5.41, 5.74) is -2.12. The van der Waals surface area contributed by atoms with Gasteiger partial charge in [-0.3, -0.25) is 24.6 Å². The van der Waals surface area contributed by atoms with Gasteiger partial charge < -0.3 is 5.32 Å². The first-order chi connectivity index (χ1) is 12.7. The summed E-state index contributed by atoms with van der Waals surface area (Å²) in [4.78, 5) is 34.7. The number of alkyl halides is 3. The predicted octanol–water partition coefficient (Wildman–Crippen LogP) is 3.49. The van der Waals surface area contributed by atoms with Gasteiger partial charge in [-0.25, -0.2) is 0 Å². The van der Waals surface area contributed by atoms with Gasteiger partial charge in [0.05, 0.1) is 4.92 Å². The number of nitro benzene ring substituents is 1. The van der Waals surface area contributed by atoms with Gasteiger partial charge >= 0.3 is 6.18 Å². The van der Waals surface area contributed by atoms with Crippen LogP contribution in [-0.2, 0) is 15.8 Å². The average Bonchev–Trinajstić information content (AvgIpc) is 2.93. The number of anilines is 1. The predicted molar refractivity (Wildman–Crippen MR) is 88.9 cm³/mol. The number of nitro groups is 1. The summed E-state index contributed by atoms with van der Waals surface area (Å²) >= 11 is 0. The quantitative estimate of drug-likeness (QED) is 0.487. The Balaban J connectivity index is 1.66. The number of hydrogen-bond donors (Lipinski definition) is 1. The van der Waals surface area contributed by atoms with Crippen LogP contribution in [0.2, 0.25) is 0 Å². The van der Waals surface area contributed by atoms with Gasteiger partial charge in [0.15, 0.2) is 0 Å². The Morgan fingerprint density at radius 1 is 1.07 bits per heavy atom. The Kier molecular flexibility index (Phi) is 5.07. The molecular formula is C17H18F3N3O4. The van der Waals surface area contributed by atoms with Gasteiger partial charge in [-0.05, 0) is 37.8 Å². The zero-order chi connectivity index (χ0) is 19.8. The van der Waals surface area contributed by atoms with E-state index in [1.807, 2.05) is 0 Å². The third-order valence-electron chi connectivity index (χ3n) is 5.02. The first-order valence-electron chi connectivity index (χ1n) is 8.64. The highest BCUT2D eigenvalue weighted by molar-refractivity contribution is 6.02. The molecule has 2 aliphatic rings. The molecule has 0 unspecified atom stereocenters. The second kappa shape index (κ2) is 7.16. The van der Waals surface area contributed by atoms with E-state index >= 15 is 0 Å². The Morgan fingerprint density at radius 3 is 2.19 bits per heavy atom. The number of rotatable bonds is 4. The smallest absolute Gasteiger partial charge is 0.382 e. The largest absolute Gasteiger partial charge is 0.423 e. The lowest BCUT2D eigenvalue weighted by molar-refractivity contribution is -0.388. The van der Waals surface area contributed by atoms with Crippen molar-refractivity contribution in [2.45, 2.75) is 56.8 Å². The fraction of sp³-hybridized carbons (Fsp3) is 0.529. The molecule has 0 atom stereocenters. The molecule has 3 rings (SSSR count). The van der Waals surface area contributed by atoms with Crippen molar-refractivity contribution in [3.63, 3.8) is 0 Å². The Hall–Kier alpha value is -2.65. The van der Waals surface area contributed by atoms with Crippen molar-refractivity contribution in [2.24, 2.45) is 0 Å². The fourth-order valence-corrected chi connectivity index (χ4v) is 3.73. The summed E-state index contributed by atoms with van der Waals surface area (Å²) < 4.78 is 39.2. The van der Waals surface area contributed by atoms with Crippen LogP contribution in [0, 0.1) is 10.1 Å². The van der Waals surface area contributed by atoms with Crippen LogP contribution in [0.4, 0.5) is 24.5 Å². The number of amides is 2. The molecule has 0 bridgehead atoms. The maximum atomic E-state index is 13.1. The minimum absolute atomic E-state index is 0.128. The minimum Gasteiger partial charge on any atom is -0.382 e. The number of imide groups is 1. The molecule has 1 saturated heterocycles. The molecule has 27 heavy (non-hydrogen) atoms. The van der Waals surface area contributed by atoms with Crippen molar-refractivity contribution < 1.29 is 27.7 Å². The standard InChI is InChI=1S/C17H18F3N3O4/c18-17(19,20)13-9-11(3-6-14(13)23(26)27)21-10-1-4-12(5-2-10)22-15(24)7-8-16(22)25/h3,6,9-10,12,21H,1-2,4-5,7-8H2. The molecule has 146 valence electrons. The molecule has 1 heterocycles. The van der Waals surface area contributed by atoms with Crippen molar-refractivity contribution >= 4 is 23.2 Å². The number of nitrogens with one attached hydrogen (secondary N) is 1. The van der Waals surface area contributed by atoms with Crippen molar-refractivity contribution in [3.8, 4) is 0 Å². The Labute approximate surface area is 152 Å². The Morgan fingerprint density at radius 2 is 1.67 bits per heavy atom. The number of hydrogen-bond acceptors (Lipinski definition) is 5. The molecule has 0 aromatic heterocycles. The van der Waals surface area contributed by atoms with Crippen LogP contribution in [0.3, 0.4) is 0 Å². The number of benzene rings is 1. The number of carbonyl (C=O) groups is 2. The molecule has 1 N–H and O–H groups in total. The van der Waals surface area contributed by atoms with E-state index in [-0.39, 0.29) is 42.4 Å². The van der Waals surface area contributed by atoms with Crippen LogP contribution in [0.5, 0.6) is 0 Å². The lowest BCUT2D eigenvalue weighted by Gasteiger charge is -2.34. The van der Waals surface area contributed by atoms with Crippen LogP contribution in [0.15, 0.2) is 18.2 Å². The molecule has 7 nitrogen and oxygen atoms in total. The van der Waals surface area contributed by atoms with Gasteiger partial charge in [-0.2, -0.15) is 13.2 Å². The van der Waals surface area contributed by atoms with Crippen LogP contribution in [-0.4, -0.2) is 33.7 Å². The highest BCUT2D eigenvalue weighted by Gasteiger charge is 2.39. The van der Waals surface area contributed by atoms with Crippen LogP contribution in [0.1, 0.15) is 44.1 Å². The maximum absolute atomic E-state index is 13.1. The molecule has 1 aromatic carbocycles. The number of halogens is 3. The van der Waals surface area contributed by atoms with Gasteiger partial charge in [-0.15, -0.1) is 0 Å². The number of nitrogens with zero attached hydrogens (tertiary/aromatic N) is 2. The molecule has 1 aliphatic heterocycles. The summed E-state index contributed by atoms with van der Waals surface area (Å²) in [6, 6.07) is 2.56. The van der Waals surface area contributed by atoms with Gasteiger partial charge in [0.2, 0.25) is 11.8 Å². The van der Waals surface area contributed by atoms with Crippen molar-refractivity contribution in [3.05, 3.63) is 33.9 Å². The van der Waals surface area contributed by atoms with E-state index in [9.17, 15) is 32.9 Å². The number of likely N-dealkylation sites (tertiary alicyclic amines) is 1. The Bertz CT molecular complexity index is 757. The minimum atomic E-state index is -4.83. The summed E-state index contributed by atoms with van der Waals surface area (Å²) in [6.45, 7) is 0. The first-order valence-corrected chi connectivity index (χ1v) is 8.64. The van der Waals surface area contributed by atoms with Crippen LogP contribution < -0.4 is 5.32 Å². The molecule has 1 aliphatic carbocycles. The maximum Gasteiger partial charge on any atom is 0.423 e. The topological polar surface area (TPSA) is 92.6 Å². The van der Waals surface area contributed by atoms with E-state index in [2.05, 4.69) is 5.32 Å². The SMILES string of the molecule is O=C1CCC(=O)N1C1CCC(Nc2ccc([N+](=O)[O-])c(C(F)(F)F)c2)CC1. The van der Waals surface area contributed by atoms with Crippen LogP contribution in [0.25, 0.3) is 0 Å². The molecule has 2 amide bonds. The highest BCUT2D eigenvalue weighted by atomic mass is 19.4. The van der Waals surface area contributed by atoms with E-state index in [0.717, 1.165) is 12.1 Å². The normalized spacial score (nSPS) is 23.6. The lowest BCUT2D eigenvalue weighted by Crippen LogP contribution is -2.43. The summed E-state index contributed by atoms with van der Waals surface area (Å²) in [5.74, 6) is -0.330. The van der Waals surface area contributed by atoms with E-state index in [1.54, 1.807) is 0 Å². The third kappa shape index (κ3) is 4.04. The van der Waals surface area contributed by atoms with Gasteiger partial charge in [0, 0.05) is 36.7 Å². The van der Waals surface area contributed by atoms with E-state index < -0.39 is 22.4 Å². The third-order valence-corrected chi connectivity index (χ3v) is 5.02. The molecule has 0 spiro atoms.